The molecule has 2 aromatic rings. The normalized spacial score (nSPS) is 14.4. The van der Waals surface area contributed by atoms with Crippen LogP contribution in [0.4, 0.5) is 5.69 Å². The Hall–Kier alpha value is -2.71. The minimum Gasteiger partial charge on any atom is -0.466 e. The number of amides is 1. The Kier molecular flexibility index (Phi) is 4.82. The number of aliphatic hydroxyl groups is 1. The molecule has 9 heteroatoms. The van der Waals surface area contributed by atoms with Gasteiger partial charge in [-0.3, -0.25) is 4.79 Å². The summed E-state index contributed by atoms with van der Waals surface area (Å²) < 4.78 is 4.75. The fourth-order valence-corrected chi connectivity index (χ4v) is 2.79. The molecule has 130 valence electrons. The van der Waals surface area contributed by atoms with E-state index in [1.807, 2.05) is 0 Å². The molecule has 0 aliphatic carbocycles. The third kappa shape index (κ3) is 3.26. The Morgan fingerprint density at radius 3 is 2.96 bits per heavy atom. The van der Waals surface area contributed by atoms with E-state index in [9.17, 15) is 9.59 Å². The number of anilines is 1. The Morgan fingerprint density at radius 1 is 1.44 bits per heavy atom. The summed E-state index contributed by atoms with van der Waals surface area (Å²) in [5.41, 5.74) is 1.54. The molecule has 1 aliphatic rings. The third-order valence-electron chi connectivity index (χ3n) is 3.81. The molecule has 0 spiro atoms. The summed E-state index contributed by atoms with van der Waals surface area (Å²) in [6, 6.07) is 5.14. The van der Waals surface area contributed by atoms with Gasteiger partial charge in [-0.2, -0.15) is 0 Å². The van der Waals surface area contributed by atoms with Crippen molar-refractivity contribution in [2.75, 3.05) is 32.1 Å². The van der Waals surface area contributed by atoms with Crippen molar-refractivity contribution in [3.05, 3.63) is 40.9 Å². The van der Waals surface area contributed by atoms with E-state index in [1.165, 1.54) is 18.3 Å². The van der Waals surface area contributed by atoms with Crippen molar-refractivity contribution >= 4 is 40.1 Å². The van der Waals surface area contributed by atoms with E-state index in [0.29, 0.717) is 16.6 Å². The van der Waals surface area contributed by atoms with Crippen LogP contribution in [0.25, 0.3) is 10.9 Å². The second-order valence-electron chi connectivity index (χ2n) is 5.32. The Morgan fingerprint density at radius 2 is 2.24 bits per heavy atom. The maximum atomic E-state index is 12.5. The largest absolute Gasteiger partial charge is 0.466 e. The highest BCUT2D eigenvalue weighted by Gasteiger charge is 2.34. The summed E-state index contributed by atoms with van der Waals surface area (Å²) >= 11 is 6.07. The Bertz CT molecular complexity index is 884. The van der Waals surface area contributed by atoms with E-state index >= 15 is 0 Å². The maximum Gasteiger partial charge on any atom is 0.337 e. The zero-order valence-corrected chi connectivity index (χ0v) is 14.1. The molecule has 3 rings (SSSR count). The summed E-state index contributed by atoms with van der Waals surface area (Å²) in [4.78, 5) is 33.9. The number of carbonyl (C=O) groups excluding carboxylic acids is 2. The van der Waals surface area contributed by atoms with Crippen LogP contribution in [-0.2, 0) is 14.3 Å². The molecule has 1 amide bonds. The fourth-order valence-electron chi connectivity index (χ4n) is 2.60. The van der Waals surface area contributed by atoms with E-state index in [0.717, 1.165) is 0 Å². The Labute approximate surface area is 148 Å². The van der Waals surface area contributed by atoms with Gasteiger partial charge >= 0.3 is 5.97 Å². The summed E-state index contributed by atoms with van der Waals surface area (Å²) in [5, 5.41) is 12.9. The number of ether oxygens (including phenoxy) is 1. The van der Waals surface area contributed by atoms with Gasteiger partial charge in [0.2, 0.25) is 0 Å². The topological polar surface area (TPSA) is 105 Å². The second kappa shape index (κ2) is 7.04. The molecular weight excluding hydrogens is 348 g/mol. The number of aromatic nitrogens is 2. The van der Waals surface area contributed by atoms with Gasteiger partial charge in [-0.15, -0.1) is 0 Å². The molecule has 25 heavy (non-hydrogen) atoms. The minimum atomic E-state index is -0.599. The minimum absolute atomic E-state index is 0.0752. The molecule has 0 atom stereocenters. The van der Waals surface area contributed by atoms with Gasteiger partial charge in [-0.25, -0.2) is 14.8 Å². The van der Waals surface area contributed by atoms with Crippen molar-refractivity contribution in [3.8, 4) is 0 Å². The molecular formula is C16H15ClN4O4. The van der Waals surface area contributed by atoms with E-state index in [-0.39, 0.29) is 42.0 Å². The molecule has 0 fully saturated rings. The number of nitrogens with one attached hydrogen (secondary N) is 1. The summed E-state index contributed by atoms with van der Waals surface area (Å²) in [5.74, 6) is -0.983. The highest BCUT2D eigenvalue weighted by molar-refractivity contribution is 6.34. The second-order valence-corrected chi connectivity index (χ2v) is 5.67. The van der Waals surface area contributed by atoms with Crippen molar-refractivity contribution in [2.24, 2.45) is 0 Å². The van der Waals surface area contributed by atoms with E-state index in [1.54, 1.807) is 18.2 Å². The molecule has 0 unspecified atom stereocenters. The van der Waals surface area contributed by atoms with Gasteiger partial charge in [0.1, 0.15) is 17.2 Å². The molecule has 1 aliphatic heterocycles. The fraction of sp³-hybridized carbons (Fsp3) is 0.250. The first-order valence-corrected chi connectivity index (χ1v) is 7.82. The number of hydrogen-bond acceptors (Lipinski definition) is 7. The highest BCUT2D eigenvalue weighted by Crippen LogP contribution is 2.26. The number of β-amino-alcohol motifs (C(OH)–C–C–N with tert-alkyl or cyclic N) is 1. The zero-order valence-electron chi connectivity index (χ0n) is 13.3. The van der Waals surface area contributed by atoms with Gasteiger partial charge in [0.15, 0.2) is 0 Å². The van der Waals surface area contributed by atoms with Crippen LogP contribution < -0.4 is 5.32 Å². The number of nitrogens with zero attached hydrogens (tertiary/aromatic N) is 3. The molecule has 1 aromatic heterocycles. The van der Waals surface area contributed by atoms with Gasteiger partial charge < -0.3 is 20.1 Å². The number of carbonyl (C=O) groups is 2. The van der Waals surface area contributed by atoms with Gasteiger partial charge in [-0.1, -0.05) is 11.6 Å². The van der Waals surface area contributed by atoms with Crippen molar-refractivity contribution in [2.45, 2.75) is 0 Å². The predicted molar refractivity (Wildman–Crippen MR) is 90.9 cm³/mol. The van der Waals surface area contributed by atoms with Crippen LogP contribution in [0.1, 0.15) is 0 Å². The molecule has 0 saturated carbocycles. The Balaban J connectivity index is 1.97. The first-order chi connectivity index (χ1) is 12.0. The zero-order chi connectivity index (χ0) is 18.0. The molecule has 1 aromatic carbocycles. The summed E-state index contributed by atoms with van der Waals surface area (Å²) in [6.45, 7) is 0.00411. The average molecular weight is 363 g/mol. The average Bonchev–Trinajstić information content (AvgIpc) is 2.92. The molecule has 2 heterocycles. The first kappa shape index (κ1) is 17.1. The van der Waals surface area contributed by atoms with E-state index < -0.39 is 5.97 Å². The van der Waals surface area contributed by atoms with Crippen LogP contribution in [0.5, 0.6) is 0 Å². The van der Waals surface area contributed by atoms with Crippen LogP contribution in [0.15, 0.2) is 35.8 Å². The molecule has 0 bridgehead atoms. The summed E-state index contributed by atoms with van der Waals surface area (Å²) in [6.07, 6.45) is 1.36. The van der Waals surface area contributed by atoms with Crippen LogP contribution in [0, 0.1) is 0 Å². The predicted octanol–water partition coefficient (Wildman–Crippen LogP) is 0.957. The van der Waals surface area contributed by atoms with Crippen molar-refractivity contribution in [1.82, 2.24) is 14.9 Å². The van der Waals surface area contributed by atoms with E-state index in [2.05, 4.69) is 15.3 Å². The number of benzene rings is 1. The van der Waals surface area contributed by atoms with Crippen LogP contribution >= 0.6 is 11.6 Å². The van der Waals surface area contributed by atoms with Crippen molar-refractivity contribution in [1.29, 1.82) is 0 Å². The quantitative estimate of drug-likeness (QED) is 0.602. The standard InChI is InChI=1S/C16H15ClN4O4/c1-25-16(24)11-7-21(4-5-22)15(23)13(11)20-9-2-3-12-10(6-9)14(17)19-8-18-12/h2-3,6,8,20,22H,4-5,7H2,1H3. The lowest BCUT2D eigenvalue weighted by molar-refractivity contribution is -0.136. The molecule has 0 saturated heterocycles. The lowest BCUT2D eigenvalue weighted by Crippen LogP contribution is -2.31. The van der Waals surface area contributed by atoms with Gasteiger partial charge in [0.05, 0.1) is 31.4 Å². The maximum absolute atomic E-state index is 12.5. The first-order valence-electron chi connectivity index (χ1n) is 7.44. The lowest BCUT2D eigenvalue weighted by Gasteiger charge is -2.15. The SMILES string of the molecule is COC(=O)C1=C(Nc2ccc3ncnc(Cl)c3c2)C(=O)N(CCO)C1. The molecule has 8 nitrogen and oxygen atoms in total. The molecule has 2 N–H and O–H groups in total. The third-order valence-corrected chi connectivity index (χ3v) is 4.11. The van der Waals surface area contributed by atoms with Crippen molar-refractivity contribution < 1.29 is 19.4 Å². The molecule has 0 radical (unpaired) electrons. The number of methoxy groups -OCH3 is 1. The van der Waals surface area contributed by atoms with Crippen LogP contribution in [-0.4, -0.2) is 58.7 Å². The van der Waals surface area contributed by atoms with Gasteiger partial charge in [0, 0.05) is 17.6 Å². The number of hydrogen-bond donors (Lipinski definition) is 2. The number of esters is 1. The van der Waals surface area contributed by atoms with Crippen LogP contribution in [0.3, 0.4) is 0 Å². The van der Waals surface area contributed by atoms with Crippen molar-refractivity contribution in [3.63, 3.8) is 0 Å². The highest BCUT2D eigenvalue weighted by atomic mass is 35.5. The van der Waals surface area contributed by atoms with Gasteiger partial charge in [0.25, 0.3) is 5.91 Å². The lowest BCUT2D eigenvalue weighted by atomic mass is 10.2. The smallest absolute Gasteiger partial charge is 0.337 e. The number of aliphatic hydroxyl groups excluding tert-OH is 1. The number of fused-ring (bicyclic) bond motifs is 1. The van der Waals surface area contributed by atoms with Gasteiger partial charge in [-0.05, 0) is 18.2 Å². The van der Waals surface area contributed by atoms with E-state index in [4.69, 9.17) is 21.4 Å². The number of halogens is 1. The monoisotopic (exact) mass is 362 g/mol. The van der Waals surface area contributed by atoms with Crippen LogP contribution in [0.2, 0.25) is 5.15 Å². The summed E-state index contributed by atoms with van der Waals surface area (Å²) in [7, 11) is 1.25. The number of rotatable bonds is 5.